The molecule has 1 aromatic carbocycles. The van der Waals surface area contributed by atoms with Crippen molar-refractivity contribution in [2.24, 2.45) is 0 Å². The van der Waals surface area contributed by atoms with Gasteiger partial charge in [0.2, 0.25) is 0 Å². The van der Waals surface area contributed by atoms with Gasteiger partial charge in [0.15, 0.2) is 11.6 Å². The number of aliphatic hydroxyl groups excluding tert-OH is 1. The van der Waals surface area contributed by atoms with E-state index >= 15 is 0 Å². The van der Waals surface area contributed by atoms with Gasteiger partial charge in [-0.05, 0) is 19.1 Å². The minimum Gasteiger partial charge on any atom is -0.397 e. The van der Waals surface area contributed by atoms with E-state index in [0.29, 0.717) is 0 Å². The summed E-state index contributed by atoms with van der Waals surface area (Å²) in [5.41, 5.74) is 5.45. The number of rotatable bonds is 3. The van der Waals surface area contributed by atoms with Gasteiger partial charge < -0.3 is 16.2 Å². The Bertz CT molecular complexity index is 331. The van der Waals surface area contributed by atoms with Crippen molar-refractivity contribution in [2.75, 3.05) is 17.7 Å². The molecule has 3 nitrogen and oxygen atoms in total. The largest absolute Gasteiger partial charge is 0.397 e. The SMILES string of the molecule is CC(CO)Nc1c(N)ccc(F)c1F. The van der Waals surface area contributed by atoms with Crippen molar-refractivity contribution in [1.29, 1.82) is 0 Å². The Morgan fingerprint density at radius 3 is 2.71 bits per heavy atom. The highest BCUT2D eigenvalue weighted by molar-refractivity contribution is 5.67. The third-order valence-electron chi connectivity index (χ3n) is 1.79. The Labute approximate surface area is 80.5 Å². The predicted octanol–water partition coefficient (Wildman–Crippen LogP) is 1.34. The summed E-state index contributed by atoms with van der Waals surface area (Å²) in [6, 6.07) is 1.85. The van der Waals surface area contributed by atoms with Gasteiger partial charge in [-0.25, -0.2) is 8.78 Å². The zero-order chi connectivity index (χ0) is 10.7. The van der Waals surface area contributed by atoms with Gasteiger partial charge in [-0.3, -0.25) is 0 Å². The van der Waals surface area contributed by atoms with E-state index in [0.717, 1.165) is 6.07 Å². The summed E-state index contributed by atoms with van der Waals surface area (Å²) in [5.74, 6) is -1.99. The zero-order valence-corrected chi connectivity index (χ0v) is 7.72. The maximum Gasteiger partial charge on any atom is 0.183 e. The van der Waals surface area contributed by atoms with Crippen molar-refractivity contribution >= 4 is 11.4 Å². The Morgan fingerprint density at radius 1 is 1.50 bits per heavy atom. The predicted molar refractivity (Wildman–Crippen MR) is 50.9 cm³/mol. The normalized spacial score (nSPS) is 12.6. The summed E-state index contributed by atoms with van der Waals surface area (Å²) in [5, 5.41) is 11.3. The molecule has 1 unspecified atom stereocenters. The van der Waals surface area contributed by atoms with E-state index in [1.807, 2.05) is 0 Å². The van der Waals surface area contributed by atoms with Crippen molar-refractivity contribution in [3.8, 4) is 0 Å². The molecule has 1 aromatic rings. The molecular weight excluding hydrogens is 190 g/mol. The molecule has 5 heteroatoms. The van der Waals surface area contributed by atoms with E-state index in [-0.39, 0.29) is 24.0 Å². The van der Waals surface area contributed by atoms with Crippen LogP contribution in [0.15, 0.2) is 12.1 Å². The third-order valence-corrected chi connectivity index (χ3v) is 1.79. The van der Waals surface area contributed by atoms with Crippen LogP contribution in [0.5, 0.6) is 0 Å². The van der Waals surface area contributed by atoms with E-state index in [1.54, 1.807) is 6.92 Å². The Morgan fingerprint density at radius 2 is 2.14 bits per heavy atom. The number of benzene rings is 1. The first-order valence-corrected chi connectivity index (χ1v) is 4.17. The molecule has 14 heavy (non-hydrogen) atoms. The standard InChI is InChI=1S/C9H12F2N2O/c1-5(4-14)13-9-7(12)3-2-6(10)8(9)11/h2-3,5,13-14H,4,12H2,1H3. The van der Waals surface area contributed by atoms with Crippen molar-refractivity contribution in [1.82, 2.24) is 0 Å². The first-order chi connectivity index (χ1) is 6.56. The minimum atomic E-state index is -1.02. The first kappa shape index (κ1) is 10.7. The molecular formula is C9H12F2N2O. The first-order valence-electron chi connectivity index (χ1n) is 4.17. The van der Waals surface area contributed by atoms with E-state index < -0.39 is 11.6 Å². The van der Waals surface area contributed by atoms with Gasteiger partial charge in [-0.2, -0.15) is 0 Å². The molecule has 4 N–H and O–H groups in total. The van der Waals surface area contributed by atoms with Crippen molar-refractivity contribution in [2.45, 2.75) is 13.0 Å². The number of hydrogen-bond acceptors (Lipinski definition) is 3. The molecule has 0 aromatic heterocycles. The van der Waals surface area contributed by atoms with Crippen LogP contribution in [0.4, 0.5) is 20.2 Å². The van der Waals surface area contributed by atoms with Crippen LogP contribution >= 0.6 is 0 Å². The minimum absolute atomic E-state index is 0.105. The molecule has 0 radical (unpaired) electrons. The highest BCUT2D eigenvalue weighted by Gasteiger charge is 2.13. The van der Waals surface area contributed by atoms with Crippen molar-refractivity contribution < 1.29 is 13.9 Å². The van der Waals surface area contributed by atoms with Crippen LogP contribution in [0, 0.1) is 11.6 Å². The fourth-order valence-electron chi connectivity index (χ4n) is 1.00. The number of nitrogens with two attached hydrogens (primary N) is 1. The molecule has 0 saturated carbocycles. The average Bonchev–Trinajstić information content (AvgIpc) is 2.18. The summed E-state index contributed by atoms with van der Waals surface area (Å²) < 4.78 is 25.9. The molecule has 0 amide bonds. The van der Waals surface area contributed by atoms with Gasteiger partial charge in [-0.15, -0.1) is 0 Å². The summed E-state index contributed by atoms with van der Waals surface area (Å²) in [7, 11) is 0. The van der Waals surface area contributed by atoms with E-state index in [2.05, 4.69) is 5.32 Å². The van der Waals surface area contributed by atoms with E-state index in [1.165, 1.54) is 6.07 Å². The van der Waals surface area contributed by atoms with Gasteiger partial charge >= 0.3 is 0 Å². The third kappa shape index (κ3) is 2.11. The summed E-state index contributed by atoms with van der Waals surface area (Å²) >= 11 is 0. The molecule has 1 atom stereocenters. The zero-order valence-electron chi connectivity index (χ0n) is 7.72. The second-order valence-electron chi connectivity index (χ2n) is 3.05. The van der Waals surface area contributed by atoms with Crippen LogP contribution in [0.25, 0.3) is 0 Å². The van der Waals surface area contributed by atoms with Crippen LogP contribution in [-0.4, -0.2) is 17.8 Å². The molecule has 0 aliphatic carbocycles. The lowest BCUT2D eigenvalue weighted by molar-refractivity contribution is 0.281. The van der Waals surface area contributed by atoms with Gasteiger partial charge in [0.05, 0.1) is 18.0 Å². The molecule has 78 valence electrons. The van der Waals surface area contributed by atoms with E-state index in [4.69, 9.17) is 10.8 Å². The van der Waals surface area contributed by atoms with Crippen LogP contribution < -0.4 is 11.1 Å². The Balaban J connectivity index is 3.00. The summed E-state index contributed by atoms with van der Waals surface area (Å²) in [6.45, 7) is 1.44. The van der Waals surface area contributed by atoms with Gasteiger partial charge in [-0.1, -0.05) is 0 Å². The Hall–Kier alpha value is -1.36. The summed E-state index contributed by atoms with van der Waals surface area (Å²) in [4.78, 5) is 0. The molecule has 0 aliphatic heterocycles. The van der Waals surface area contributed by atoms with Gasteiger partial charge in [0.1, 0.15) is 0 Å². The van der Waals surface area contributed by atoms with Crippen molar-refractivity contribution in [3.63, 3.8) is 0 Å². The van der Waals surface area contributed by atoms with Crippen LogP contribution in [0.1, 0.15) is 6.92 Å². The van der Waals surface area contributed by atoms with Crippen LogP contribution in [0.2, 0.25) is 0 Å². The van der Waals surface area contributed by atoms with Crippen LogP contribution in [0.3, 0.4) is 0 Å². The topological polar surface area (TPSA) is 58.3 Å². The Kier molecular flexibility index (Phi) is 3.24. The highest BCUT2D eigenvalue weighted by atomic mass is 19.2. The van der Waals surface area contributed by atoms with Crippen molar-refractivity contribution in [3.05, 3.63) is 23.8 Å². The number of nitrogen functional groups attached to an aromatic ring is 1. The molecule has 0 fully saturated rings. The van der Waals surface area contributed by atoms with Gasteiger partial charge in [0.25, 0.3) is 0 Å². The lowest BCUT2D eigenvalue weighted by atomic mass is 10.2. The number of anilines is 2. The molecule has 0 saturated heterocycles. The second-order valence-corrected chi connectivity index (χ2v) is 3.05. The fourth-order valence-corrected chi connectivity index (χ4v) is 1.00. The van der Waals surface area contributed by atoms with Gasteiger partial charge in [0, 0.05) is 6.04 Å². The van der Waals surface area contributed by atoms with E-state index in [9.17, 15) is 8.78 Å². The quantitative estimate of drug-likeness (QED) is 0.648. The molecule has 1 rings (SSSR count). The van der Waals surface area contributed by atoms with Crippen LogP contribution in [-0.2, 0) is 0 Å². The maximum absolute atomic E-state index is 13.2. The monoisotopic (exact) mass is 202 g/mol. The molecule has 0 heterocycles. The molecule has 0 bridgehead atoms. The summed E-state index contributed by atoms with van der Waals surface area (Å²) in [6.07, 6.45) is 0. The fraction of sp³-hybridized carbons (Fsp3) is 0.333. The lowest BCUT2D eigenvalue weighted by Gasteiger charge is -2.15. The molecule has 0 spiro atoms. The molecule has 0 aliphatic rings. The number of halogens is 2. The smallest absolute Gasteiger partial charge is 0.183 e. The highest BCUT2D eigenvalue weighted by Crippen LogP contribution is 2.24. The average molecular weight is 202 g/mol. The number of hydrogen-bond donors (Lipinski definition) is 3. The lowest BCUT2D eigenvalue weighted by Crippen LogP contribution is -2.21. The number of nitrogens with one attached hydrogen (secondary N) is 1. The number of aliphatic hydroxyl groups is 1. The maximum atomic E-state index is 13.2. The second kappa shape index (κ2) is 4.23.